The van der Waals surface area contributed by atoms with E-state index in [9.17, 15) is 20.0 Å². The second kappa shape index (κ2) is 6.95. The molecule has 0 aromatic heterocycles. The number of anilines is 1. The van der Waals surface area contributed by atoms with Crippen molar-refractivity contribution < 1.29 is 14.8 Å². The molecule has 0 saturated carbocycles. The molecule has 0 radical (unpaired) electrons. The fourth-order valence-corrected chi connectivity index (χ4v) is 1.79. The molecule has 7 heteroatoms. The summed E-state index contributed by atoms with van der Waals surface area (Å²) in [7, 11) is 0. The van der Waals surface area contributed by atoms with Crippen molar-refractivity contribution in [2.75, 3.05) is 10.6 Å². The number of hydrogen-bond acceptors (Lipinski definition) is 4. The molecular weight excluding hydrogens is 304 g/mol. The quantitative estimate of drug-likeness (QED) is 0.277. The van der Waals surface area contributed by atoms with E-state index in [0.29, 0.717) is 6.42 Å². The van der Waals surface area contributed by atoms with Crippen molar-refractivity contribution in [2.24, 2.45) is 0 Å². The monoisotopic (exact) mass is 316 g/mol. The number of hydrogen-bond donors (Lipinski definition) is 2. The zero-order valence-corrected chi connectivity index (χ0v) is 11.1. The van der Waals surface area contributed by atoms with E-state index in [4.69, 9.17) is 0 Å². The second-order valence-corrected chi connectivity index (χ2v) is 4.42. The van der Waals surface area contributed by atoms with Gasteiger partial charge in [-0.05, 0) is 18.9 Å². The third-order valence-corrected chi connectivity index (χ3v) is 2.83. The van der Waals surface area contributed by atoms with Gasteiger partial charge in [0, 0.05) is 17.8 Å². The zero-order chi connectivity index (χ0) is 13.5. The highest BCUT2D eigenvalue weighted by Crippen LogP contribution is 2.33. The van der Waals surface area contributed by atoms with Crippen molar-refractivity contribution in [1.29, 1.82) is 0 Å². The van der Waals surface area contributed by atoms with Gasteiger partial charge in [0.05, 0.1) is 4.92 Å². The Morgan fingerprint density at radius 1 is 1.44 bits per heavy atom. The number of aromatic hydroxyl groups is 1. The van der Waals surface area contributed by atoms with E-state index in [1.807, 2.05) is 0 Å². The van der Waals surface area contributed by atoms with Crippen molar-refractivity contribution in [3.05, 3.63) is 28.3 Å². The predicted molar refractivity (Wildman–Crippen MR) is 71.0 cm³/mol. The molecule has 0 aliphatic carbocycles. The minimum Gasteiger partial charge on any atom is -0.505 e. The molecule has 2 N–H and O–H groups in total. The topological polar surface area (TPSA) is 92.5 Å². The Balaban J connectivity index is 2.77. The maximum absolute atomic E-state index is 11.6. The Kier molecular flexibility index (Phi) is 5.57. The van der Waals surface area contributed by atoms with Crippen molar-refractivity contribution in [1.82, 2.24) is 0 Å². The maximum atomic E-state index is 11.6. The van der Waals surface area contributed by atoms with Crippen LogP contribution in [0.25, 0.3) is 0 Å². The van der Waals surface area contributed by atoms with E-state index >= 15 is 0 Å². The van der Waals surface area contributed by atoms with Gasteiger partial charge in [0.15, 0.2) is 5.69 Å². The van der Waals surface area contributed by atoms with E-state index in [0.717, 1.165) is 11.8 Å². The number of rotatable bonds is 6. The van der Waals surface area contributed by atoms with Crippen LogP contribution in [0.4, 0.5) is 11.4 Å². The van der Waals surface area contributed by atoms with E-state index in [1.165, 1.54) is 18.2 Å². The van der Waals surface area contributed by atoms with Crippen LogP contribution in [0.2, 0.25) is 0 Å². The van der Waals surface area contributed by atoms with Crippen LogP contribution in [0, 0.1) is 10.1 Å². The van der Waals surface area contributed by atoms with Crippen molar-refractivity contribution >= 4 is 33.2 Å². The molecule has 1 amide bonds. The lowest BCUT2D eigenvalue weighted by Gasteiger charge is -2.07. The molecule has 0 spiro atoms. The molecular formula is C11H13BrN2O4. The molecule has 0 aliphatic rings. The summed E-state index contributed by atoms with van der Waals surface area (Å²) < 4.78 is 0. The number of phenols is 1. The summed E-state index contributed by atoms with van der Waals surface area (Å²) in [5.74, 6) is -0.654. The molecule has 0 aliphatic heterocycles. The number of unbranched alkanes of at least 4 members (excludes halogenated alkanes) is 1. The summed E-state index contributed by atoms with van der Waals surface area (Å²) in [4.78, 5) is 21.7. The molecule has 1 aromatic carbocycles. The van der Waals surface area contributed by atoms with Gasteiger partial charge in [-0.3, -0.25) is 14.9 Å². The Labute approximate surface area is 112 Å². The third-order valence-electron chi connectivity index (χ3n) is 2.27. The van der Waals surface area contributed by atoms with Gasteiger partial charge in [-0.25, -0.2) is 0 Å². The van der Waals surface area contributed by atoms with E-state index in [-0.39, 0.29) is 29.5 Å². The molecule has 0 atom stereocenters. The molecule has 0 heterocycles. The van der Waals surface area contributed by atoms with Gasteiger partial charge in [-0.2, -0.15) is 0 Å². The van der Waals surface area contributed by atoms with Crippen molar-refractivity contribution in [3.8, 4) is 5.75 Å². The van der Waals surface area contributed by atoms with Crippen LogP contribution < -0.4 is 5.32 Å². The van der Waals surface area contributed by atoms with Crippen LogP contribution in [-0.2, 0) is 4.79 Å². The normalized spacial score (nSPS) is 10.1. The van der Waals surface area contributed by atoms with Crippen LogP contribution >= 0.6 is 15.9 Å². The Morgan fingerprint density at radius 3 is 2.78 bits per heavy atom. The first-order valence-electron chi connectivity index (χ1n) is 5.38. The van der Waals surface area contributed by atoms with Crippen molar-refractivity contribution in [3.63, 3.8) is 0 Å². The molecule has 18 heavy (non-hydrogen) atoms. The summed E-state index contributed by atoms with van der Waals surface area (Å²) in [5.41, 5.74) is -0.463. The Bertz CT molecular complexity index is 451. The Morgan fingerprint density at radius 2 is 2.17 bits per heavy atom. The molecule has 6 nitrogen and oxygen atoms in total. The number of nitro benzene ring substituents is 1. The first-order chi connectivity index (χ1) is 8.56. The van der Waals surface area contributed by atoms with E-state index in [2.05, 4.69) is 21.2 Å². The first kappa shape index (κ1) is 14.4. The summed E-state index contributed by atoms with van der Waals surface area (Å²) in [6, 6.07) is 3.88. The smallest absolute Gasteiger partial charge is 0.296 e. The van der Waals surface area contributed by atoms with Crippen LogP contribution in [0.3, 0.4) is 0 Å². The van der Waals surface area contributed by atoms with Gasteiger partial charge >= 0.3 is 0 Å². The number of phenolic OH excluding ortho intramolecular Hbond substituents is 1. The van der Waals surface area contributed by atoms with Crippen molar-refractivity contribution in [2.45, 2.75) is 19.3 Å². The molecule has 1 rings (SSSR count). The first-order valence-corrected chi connectivity index (χ1v) is 6.50. The SMILES string of the molecule is O=C(CCCCBr)Nc1c(O)cccc1[N+](=O)[O-]. The number of para-hydroxylation sites is 1. The number of alkyl halides is 1. The minimum atomic E-state index is -0.645. The summed E-state index contributed by atoms with van der Waals surface area (Å²) >= 11 is 3.25. The highest BCUT2D eigenvalue weighted by atomic mass is 79.9. The molecule has 98 valence electrons. The number of halogens is 1. The van der Waals surface area contributed by atoms with Crippen LogP contribution in [0.1, 0.15) is 19.3 Å². The number of amides is 1. The minimum absolute atomic E-state index is 0.147. The fraction of sp³-hybridized carbons (Fsp3) is 0.364. The van der Waals surface area contributed by atoms with Crippen LogP contribution in [0.5, 0.6) is 5.75 Å². The number of carbonyl (C=O) groups excluding carboxylic acids is 1. The molecule has 0 unspecified atom stereocenters. The average Bonchev–Trinajstić information content (AvgIpc) is 2.31. The molecule has 0 fully saturated rings. The summed E-state index contributed by atoms with van der Waals surface area (Å²) in [5, 5.41) is 23.5. The predicted octanol–water partition coefficient (Wildman–Crippen LogP) is 2.80. The van der Waals surface area contributed by atoms with Gasteiger partial charge in [0.1, 0.15) is 5.75 Å². The fourth-order valence-electron chi connectivity index (χ4n) is 1.39. The lowest BCUT2D eigenvalue weighted by atomic mass is 10.2. The lowest BCUT2D eigenvalue weighted by Crippen LogP contribution is -2.12. The van der Waals surface area contributed by atoms with E-state index in [1.54, 1.807) is 0 Å². The van der Waals surface area contributed by atoms with E-state index < -0.39 is 4.92 Å². The number of benzene rings is 1. The standard InChI is InChI=1S/C11H13BrN2O4/c12-7-2-1-6-10(16)13-11-8(14(17)18)4-3-5-9(11)15/h3-5,15H,1-2,6-7H2,(H,13,16). The number of nitrogens with one attached hydrogen (secondary N) is 1. The number of nitrogens with zero attached hydrogens (tertiary/aromatic N) is 1. The third kappa shape index (κ3) is 3.99. The zero-order valence-electron chi connectivity index (χ0n) is 9.56. The number of nitro groups is 1. The second-order valence-electron chi connectivity index (χ2n) is 3.62. The highest BCUT2D eigenvalue weighted by Gasteiger charge is 2.19. The summed E-state index contributed by atoms with van der Waals surface area (Å²) in [6.07, 6.45) is 1.78. The highest BCUT2D eigenvalue weighted by molar-refractivity contribution is 9.09. The van der Waals surface area contributed by atoms with Gasteiger partial charge in [-0.15, -0.1) is 0 Å². The number of carbonyl (C=O) groups is 1. The van der Waals surface area contributed by atoms with Crippen LogP contribution in [-0.4, -0.2) is 21.3 Å². The van der Waals surface area contributed by atoms with Crippen LogP contribution in [0.15, 0.2) is 18.2 Å². The summed E-state index contributed by atoms with van der Waals surface area (Å²) in [6.45, 7) is 0. The van der Waals surface area contributed by atoms with Gasteiger partial charge in [0.2, 0.25) is 5.91 Å². The van der Waals surface area contributed by atoms with Gasteiger partial charge < -0.3 is 10.4 Å². The van der Waals surface area contributed by atoms with Gasteiger partial charge in [0.25, 0.3) is 5.69 Å². The average molecular weight is 317 g/mol. The maximum Gasteiger partial charge on any atom is 0.296 e. The largest absolute Gasteiger partial charge is 0.505 e. The lowest BCUT2D eigenvalue weighted by molar-refractivity contribution is -0.384. The Hall–Kier alpha value is -1.63. The van der Waals surface area contributed by atoms with Gasteiger partial charge in [-0.1, -0.05) is 22.0 Å². The molecule has 0 saturated heterocycles. The molecule has 0 bridgehead atoms. The molecule has 1 aromatic rings.